The first-order chi connectivity index (χ1) is 12.5. The van der Waals surface area contributed by atoms with Gasteiger partial charge in [-0.1, -0.05) is 24.6 Å². The molecule has 3 rings (SSSR count). The van der Waals surface area contributed by atoms with Gasteiger partial charge in [-0.05, 0) is 49.7 Å². The standard InChI is InChI=1S/C20H21N3O3/c1-4-19-22-23-20(26-19)15-6-8-16(9-7-15)25-12-18(24)21-17-10-5-13(2)11-14(17)3/h5-11H,4,12H2,1-3H3,(H,21,24). The number of aromatic nitrogens is 2. The molecular weight excluding hydrogens is 330 g/mol. The van der Waals surface area contributed by atoms with Gasteiger partial charge in [-0.15, -0.1) is 10.2 Å². The minimum absolute atomic E-state index is 0.0623. The summed E-state index contributed by atoms with van der Waals surface area (Å²) in [5, 5.41) is 10.8. The van der Waals surface area contributed by atoms with E-state index in [1.807, 2.05) is 51.1 Å². The highest BCUT2D eigenvalue weighted by atomic mass is 16.5. The number of amides is 1. The fourth-order valence-corrected chi connectivity index (χ4v) is 2.50. The quantitative estimate of drug-likeness (QED) is 0.728. The molecule has 1 heterocycles. The van der Waals surface area contributed by atoms with Crippen molar-refractivity contribution >= 4 is 11.6 Å². The van der Waals surface area contributed by atoms with E-state index in [0.717, 1.165) is 22.4 Å². The first-order valence-corrected chi connectivity index (χ1v) is 8.48. The predicted octanol–water partition coefficient (Wildman–Crippen LogP) is 3.93. The number of ether oxygens (including phenoxy) is 1. The van der Waals surface area contributed by atoms with E-state index >= 15 is 0 Å². The number of hydrogen-bond acceptors (Lipinski definition) is 5. The summed E-state index contributed by atoms with van der Waals surface area (Å²) < 4.78 is 11.1. The second-order valence-electron chi connectivity index (χ2n) is 6.03. The zero-order valence-corrected chi connectivity index (χ0v) is 15.1. The molecule has 1 N–H and O–H groups in total. The Morgan fingerprint density at radius 3 is 2.54 bits per heavy atom. The number of carbonyl (C=O) groups is 1. The van der Waals surface area contributed by atoms with E-state index in [4.69, 9.17) is 9.15 Å². The minimum atomic E-state index is -0.203. The van der Waals surface area contributed by atoms with Crippen LogP contribution < -0.4 is 10.1 Å². The van der Waals surface area contributed by atoms with Crippen LogP contribution in [0.5, 0.6) is 5.75 Å². The summed E-state index contributed by atoms with van der Waals surface area (Å²) in [5.74, 6) is 1.47. The Morgan fingerprint density at radius 1 is 1.12 bits per heavy atom. The van der Waals surface area contributed by atoms with Gasteiger partial charge < -0.3 is 14.5 Å². The van der Waals surface area contributed by atoms with E-state index in [2.05, 4.69) is 15.5 Å². The Labute approximate surface area is 152 Å². The maximum Gasteiger partial charge on any atom is 0.262 e. The van der Waals surface area contributed by atoms with Crippen LogP contribution in [0.15, 0.2) is 46.9 Å². The molecule has 0 aliphatic carbocycles. The number of carbonyl (C=O) groups excluding carboxylic acids is 1. The molecule has 0 saturated carbocycles. The molecule has 0 unspecified atom stereocenters. The molecule has 0 saturated heterocycles. The van der Waals surface area contributed by atoms with E-state index in [-0.39, 0.29) is 12.5 Å². The number of aryl methyl sites for hydroxylation is 3. The van der Waals surface area contributed by atoms with Gasteiger partial charge >= 0.3 is 0 Å². The average Bonchev–Trinajstić information content (AvgIpc) is 3.12. The van der Waals surface area contributed by atoms with Gasteiger partial charge in [-0.2, -0.15) is 0 Å². The van der Waals surface area contributed by atoms with E-state index < -0.39 is 0 Å². The molecule has 0 bridgehead atoms. The van der Waals surface area contributed by atoms with Gasteiger partial charge in [0.2, 0.25) is 11.8 Å². The third-order valence-corrected chi connectivity index (χ3v) is 3.90. The smallest absolute Gasteiger partial charge is 0.262 e. The number of anilines is 1. The second kappa shape index (κ2) is 7.82. The number of rotatable bonds is 6. The molecular formula is C20H21N3O3. The van der Waals surface area contributed by atoms with Crippen molar-refractivity contribution in [3.05, 3.63) is 59.5 Å². The van der Waals surface area contributed by atoms with Crippen LogP contribution >= 0.6 is 0 Å². The lowest BCUT2D eigenvalue weighted by Gasteiger charge is -2.10. The number of nitrogens with zero attached hydrogens (tertiary/aromatic N) is 2. The van der Waals surface area contributed by atoms with E-state index in [1.54, 1.807) is 12.1 Å². The summed E-state index contributed by atoms with van der Waals surface area (Å²) in [6, 6.07) is 13.1. The first kappa shape index (κ1) is 17.7. The van der Waals surface area contributed by atoms with Crippen molar-refractivity contribution in [1.29, 1.82) is 0 Å². The summed E-state index contributed by atoms with van der Waals surface area (Å²) in [5.41, 5.74) is 3.78. The second-order valence-corrected chi connectivity index (χ2v) is 6.03. The normalized spacial score (nSPS) is 10.6. The maximum absolute atomic E-state index is 12.1. The molecule has 134 valence electrons. The highest BCUT2D eigenvalue weighted by Crippen LogP contribution is 2.21. The molecule has 6 nitrogen and oxygen atoms in total. The third kappa shape index (κ3) is 4.27. The van der Waals surface area contributed by atoms with Gasteiger partial charge in [0.15, 0.2) is 6.61 Å². The first-order valence-electron chi connectivity index (χ1n) is 8.48. The van der Waals surface area contributed by atoms with Crippen LogP contribution in [0.2, 0.25) is 0 Å². The number of hydrogen-bond donors (Lipinski definition) is 1. The van der Waals surface area contributed by atoms with Crippen molar-refractivity contribution in [2.45, 2.75) is 27.2 Å². The number of nitrogens with one attached hydrogen (secondary N) is 1. The van der Waals surface area contributed by atoms with E-state index in [0.29, 0.717) is 24.0 Å². The van der Waals surface area contributed by atoms with E-state index in [1.165, 1.54) is 0 Å². The highest BCUT2D eigenvalue weighted by Gasteiger charge is 2.09. The van der Waals surface area contributed by atoms with Crippen LogP contribution in [0.25, 0.3) is 11.5 Å². The van der Waals surface area contributed by atoms with Crippen molar-refractivity contribution in [2.75, 3.05) is 11.9 Å². The highest BCUT2D eigenvalue weighted by molar-refractivity contribution is 5.92. The van der Waals surface area contributed by atoms with Crippen LogP contribution in [-0.4, -0.2) is 22.7 Å². The van der Waals surface area contributed by atoms with Crippen LogP contribution in [0.1, 0.15) is 23.9 Å². The van der Waals surface area contributed by atoms with Crippen LogP contribution in [0.3, 0.4) is 0 Å². The Hall–Kier alpha value is -3.15. The largest absolute Gasteiger partial charge is 0.484 e. The molecule has 2 aromatic carbocycles. The molecule has 1 amide bonds. The Kier molecular flexibility index (Phi) is 5.31. The molecule has 0 fully saturated rings. The van der Waals surface area contributed by atoms with Gasteiger partial charge in [-0.25, -0.2) is 0 Å². The summed E-state index contributed by atoms with van der Waals surface area (Å²) in [6.45, 7) is 5.87. The summed E-state index contributed by atoms with van der Waals surface area (Å²) in [4.78, 5) is 12.1. The fraction of sp³-hybridized carbons (Fsp3) is 0.250. The maximum atomic E-state index is 12.1. The van der Waals surface area contributed by atoms with Crippen molar-refractivity contribution in [3.63, 3.8) is 0 Å². The lowest BCUT2D eigenvalue weighted by Crippen LogP contribution is -2.20. The van der Waals surface area contributed by atoms with Crippen LogP contribution in [0.4, 0.5) is 5.69 Å². The molecule has 0 aliphatic heterocycles. The van der Waals surface area contributed by atoms with Gasteiger partial charge in [0.25, 0.3) is 5.91 Å². The molecule has 1 aromatic heterocycles. The van der Waals surface area contributed by atoms with Crippen LogP contribution in [0, 0.1) is 13.8 Å². The predicted molar refractivity (Wildman–Crippen MR) is 99.2 cm³/mol. The Balaban J connectivity index is 1.56. The summed E-state index contributed by atoms with van der Waals surface area (Å²) >= 11 is 0. The van der Waals surface area contributed by atoms with Gasteiger partial charge in [0.05, 0.1) is 0 Å². The molecule has 26 heavy (non-hydrogen) atoms. The molecule has 3 aromatic rings. The van der Waals surface area contributed by atoms with Gasteiger partial charge in [0, 0.05) is 17.7 Å². The van der Waals surface area contributed by atoms with Crippen molar-refractivity contribution in [3.8, 4) is 17.2 Å². The van der Waals surface area contributed by atoms with Gasteiger partial charge in [-0.3, -0.25) is 4.79 Å². The van der Waals surface area contributed by atoms with Gasteiger partial charge in [0.1, 0.15) is 5.75 Å². The lowest BCUT2D eigenvalue weighted by molar-refractivity contribution is -0.118. The third-order valence-electron chi connectivity index (χ3n) is 3.90. The molecule has 0 aliphatic rings. The van der Waals surface area contributed by atoms with Crippen molar-refractivity contribution < 1.29 is 13.9 Å². The van der Waals surface area contributed by atoms with Crippen molar-refractivity contribution in [1.82, 2.24) is 10.2 Å². The average molecular weight is 351 g/mol. The number of benzene rings is 2. The molecule has 0 spiro atoms. The molecule has 0 atom stereocenters. The Bertz CT molecular complexity index is 901. The minimum Gasteiger partial charge on any atom is -0.484 e. The van der Waals surface area contributed by atoms with Crippen molar-refractivity contribution in [2.24, 2.45) is 0 Å². The zero-order valence-electron chi connectivity index (χ0n) is 15.1. The molecule has 0 radical (unpaired) electrons. The SMILES string of the molecule is CCc1nnc(-c2ccc(OCC(=O)Nc3ccc(C)cc3C)cc2)o1. The zero-order chi connectivity index (χ0) is 18.5. The fourth-order valence-electron chi connectivity index (χ4n) is 2.50. The summed E-state index contributed by atoms with van der Waals surface area (Å²) in [6.07, 6.45) is 0.698. The summed E-state index contributed by atoms with van der Waals surface area (Å²) in [7, 11) is 0. The lowest BCUT2D eigenvalue weighted by atomic mass is 10.1. The monoisotopic (exact) mass is 351 g/mol. The van der Waals surface area contributed by atoms with Crippen LogP contribution in [-0.2, 0) is 11.2 Å². The topological polar surface area (TPSA) is 77.2 Å². The Morgan fingerprint density at radius 2 is 1.88 bits per heavy atom. The van der Waals surface area contributed by atoms with E-state index in [9.17, 15) is 4.79 Å². The molecule has 6 heteroatoms.